The fraction of sp³-hybridized carbons (Fsp3) is 0.824. The fourth-order valence-electron chi connectivity index (χ4n) is 4.05. The maximum absolute atomic E-state index is 11.9. The summed E-state index contributed by atoms with van der Waals surface area (Å²) in [6, 6.07) is 0.790. The Balaban J connectivity index is 1.35. The molecule has 0 bridgehead atoms. The molecule has 3 fully saturated rings. The van der Waals surface area contributed by atoms with E-state index in [0.717, 1.165) is 36.9 Å². The van der Waals surface area contributed by atoms with Gasteiger partial charge in [0.25, 0.3) is 0 Å². The van der Waals surface area contributed by atoms with Crippen molar-refractivity contribution >= 4 is 17.7 Å². The van der Waals surface area contributed by atoms with E-state index < -0.39 is 0 Å². The molecule has 0 unspecified atom stereocenters. The Morgan fingerprint density at radius 2 is 1.61 bits per heavy atom. The summed E-state index contributed by atoms with van der Waals surface area (Å²) < 4.78 is 0. The first-order valence-corrected chi connectivity index (χ1v) is 8.97. The van der Waals surface area contributed by atoms with E-state index in [1.54, 1.807) is 0 Å². The Kier molecular flexibility index (Phi) is 5.30. The number of piperidine rings is 1. The maximum Gasteiger partial charge on any atom is 0.240 e. The summed E-state index contributed by atoms with van der Waals surface area (Å²) in [6.07, 6.45) is 8.16. The number of hydrogen-bond donors (Lipinski definition) is 1. The van der Waals surface area contributed by atoms with Gasteiger partial charge in [-0.15, -0.1) is 0 Å². The van der Waals surface area contributed by atoms with Crippen molar-refractivity contribution in [1.29, 1.82) is 0 Å². The second-order valence-corrected chi connectivity index (χ2v) is 7.10. The third-order valence-corrected chi connectivity index (χ3v) is 5.53. The summed E-state index contributed by atoms with van der Waals surface area (Å²) >= 11 is 0. The maximum atomic E-state index is 11.9. The number of likely N-dealkylation sites (tertiary alicyclic amines) is 2. The summed E-state index contributed by atoms with van der Waals surface area (Å²) in [4.78, 5) is 38.7. The SMILES string of the molecule is O=C(CN1C(=O)CCC1=O)NCC1CCN(C2CCCC2)CC1. The van der Waals surface area contributed by atoms with E-state index in [1.807, 2.05) is 0 Å². The van der Waals surface area contributed by atoms with Crippen LogP contribution in [0.5, 0.6) is 0 Å². The standard InChI is InChI=1S/C17H27N3O3/c21-15(12-20-16(22)5-6-17(20)23)18-11-13-7-9-19(10-8-13)14-3-1-2-4-14/h13-14H,1-12H2,(H,18,21). The molecule has 1 aliphatic carbocycles. The fourth-order valence-corrected chi connectivity index (χ4v) is 4.05. The second-order valence-electron chi connectivity index (χ2n) is 7.10. The van der Waals surface area contributed by atoms with Crippen molar-refractivity contribution in [1.82, 2.24) is 15.1 Å². The van der Waals surface area contributed by atoms with Gasteiger partial charge in [0.1, 0.15) is 6.54 Å². The summed E-state index contributed by atoms with van der Waals surface area (Å²) in [5.74, 6) is -0.154. The van der Waals surface area contributed by atoms with E-state index >= 15 is 0 Å². The molecular weight excluding hydrogens is 294 g/mol. The Morgan fingerprint density at radius 3 is 2.22 bits per heavy atom. The predicted octanol–water partition coefficient (Wildman–Crippen LogP) is 0.906. The molecule has 2 heterocycles. The molecule has 3 rings (SSSR count). The van der Waals surface area contributed by atoms with E-state index in [-0.39, 0.29) is 37.1 Å². The highest BCUT2D eigenvalue weighted by Gasteiger charge is 2.31. The van der Waals surface area contributed by atoms with E-state index in [9.17, 15) is 14.4 Å². The number of hydrogen-bond acceptors (Lipinski definition) is 4. The normalized spacial score (nSPS) is 24.6. The third kappa shape index (κ3) is 4.10. The number of rotatable bonds is 5. The molecule has 6 heteroatoms. The van der Waals surface area contributed by atoms with Crippen molar-refractivity contribution in [3.05, 3.63) is 0 Å². The van der Waals surface area contributed by atoms with Gasteiger partial charge in [0, 0.05) is 25.4 Å². The quantitative estimate of drug-likeness (QED) is 0.764. The average molecular weight is 321 g/mol. The zero-order valence-corrected chi connectivity index (χ0v) is 13.8. The van der Waals surface area contributed by atoms with Crippen LogP contribution in [0.1, 0.15) is 51.4 Å². The molecule has 23 heavy (non-hydrogen) atoms. The average Bonchev–Trinajstić information content (AvgIpc) is 3.19. The third-order valence-electron chi connectivity index (χ3n) is 5.53. The van der Waals surface area contributed by atoms with Gasteiger partial charge in [0.05, 0.1) is 0 Å². The lowest BCUT2D eigenvalue weighted by molar-refractivity contribution is -0.142. The van der Waals surface area contributed by atoms with E-state index in [2.05, 4.69) is 10.2 Å². The number of nitrogens with one attached hydrogen (secondary N) is 1. The Hall–Kier alpha value is -1.43. The number of amides is 3. The Bertz CT molecular complexity index is 450. The summed E-state index contributed by atoms with van der Waals surface area (Å²) in [7, 11) is 0. The van der Waals surface area contributed by atoms with E-state index in [0.29, 0.717) is 12.5 Å². The second kappa shape index (κ2) is 7.43. The first-order valence-electron chi connectivity index (χ1n) is 8.97. The number of carbonyl (C=O) groups excluding carboxylic acids is 3. The monoisotopic (exact) mass is 321 g/mol. The minimum atomic E-state index is -0.227. The minimum Gasteiger partial charge on any atom is -0.354 e. The number of carbonyl (C=O) groups is 3. The molecule has 0 aromatic heterocycles. The Labute approximate surface area is 137 Å². The molecule has 0 radical (unpaired) electrons. The minimum absolute atomic E-state index is 0.113. The van der Waals surface area contributed by atoms with E-state index in [1.165, 1.54) is 25.7 Å². The van der Waals surface area contributed by atoms with Gasteiger partial charge in [0.15, 0.2) is 0 Å². The van der Waals surface area contributed by atoms with Crippen LogP contribution in [0.4, 0.5) is 0 Å². The van der Waals surface area contributed by atoms with Crippen LogP contribution in [-0.2, 0) is 14.4 Å². The summed E-state index contributed by atoms with van der Waals surface area (Å²) in [6.45, 7) is 2.81. The molecule has 3 aliphatic rings. The molecule has 1 N–H and O–H groups in total. The van der Waals surface area contributed by atoms with Crippen LogP contribution in [0.15, 0.2) is 0 Å². The van der Waals surface area contributed by atoms with Crippen molar-refractivity contribution in [2.24, 2.45) is 5.92 Å². The van der Waals surface area contributed by atoms with Crippen LogP contribution in [-0.4, -0.2) is 59.7 Å². The van der Waals surface area contributed by atoms with Gasteiger partial charge in [-0.05, 0) is 44.7 Å². The molecule has 1 saturated carbocycles. The highest BCUT2D eigenvalue weighted by molar-refractivity contribution is 6.04. The van der Waals surface area contributed by atoms with Crippen LogP contribution in [0.3, 0.4) is 0 Å². The summed E-state index contributed by atoms with van der Waals surface area (Å²) in [5.41, 5.74) is 0. The molecule has 2 saturated heterocycles. The van der Waals surface area contributed by atoms with Gasteiger partial charge in [-0.25, -0.2) is 0 Å². The van der Waals surface area contributed by atoms with Gasteiger partial charge in [0.2, 0.25) is 17.7 Å². The topological polar surface area (TPSA) is 69.7 Å². The first-order chi connectivity index (χ1) is 11.1. The molecule has 0 atom stereocenters. The number of nitrogens with zero attached hydrogens (tertiary/aromatic N) is 2. The lowest BCUT2D eigenvalue weighted by Gasteiger charge is -2.36. The van der Waals surface area contributed by atoms with Crippen LogP contribution in [0.2, 0.25) is 0 Å². The molecule has 3 amide bonds. The molecular formula is C17H27N3O3. The van der Waals surface area contributed by atoms with Crippen LogP contribution in [0, 0.1) is 5.92 Å². The van der Waals surface area contributed by atoms with Gasteiger partial charge < -0.3 is 10.2 Å². The van der Waals surface area contributed by atoms with Crippen LogP contribution < -0.4 is 5.32 Å². The van der Waals surface area contributed by atoms with Crippen molar-refractivity contribution in [2.75, 3.05) is 26.2 Å². The molecule has 0 aromatic rings. The smallest absolute Gasteiger partial charge is 0.240 e. The van der Waals surface area contributed by atoms with Gasteiger partial charge >= 0.3 is 0 Å². The van der Waals surface area contributed by atoms with Gasteiger partial charge in [-0.1, -0.05) is 12.8 Å². The highest BCUT2D eigenvalue weighted by atomic mass is 16.2. The number of imide groups is 1. The van der Waals surface area contributed by atoms with E-state index in [4.69, 9.17) is 0 Å². The lowest BCUT2D eigenvalue weighted by atomic mass is 9.95. The zero-order valence-electron chi connectivity index (χ0n) is 13.8. The molecule has 128 valence electrons. The van der Waals surface area contributed by atoms with Crippen LogP contribution >= 0.6 is 0 Å². The van der Waals surface area contributed by atoms with Gasteiger partial charge in [-0.3, -0.25) is 19.3 Å². The van der Waals surface area contributed by atoms with Gasteiger partial charge in [-0.2, -0.15) is 0 Å². The zero-order chi connectivity index (χ0) is 16.2. The largest absolute Gasteiger partial charge is 0.354 e. The Morgan fingerprint density at radius 1 is 1.00 bits per heavy atom. The summed E-state index contributed by atoms with van der Waals surface area (Å²) in [5, 5.41) is 2.90. The molecule has 6 nitrogen and oxygen atoms in total. The highest BCUT2D eigenvalue weighted by Crippen LogP contribution is 2.27. The molecule has 2 aliphatic heterocycles. The van der Waals surface area contributed by atoms with Crippen molar-refractivity contribution in [3.63, 3.8) is 0 Å². The lowest BCUT2D eigenvalue weighted by Crippen LogP contribution is -2.44. The first kappa shape index (κ1) is 16.4. The molecule has 0 spiro atoms. The van der Waals surface area contributed by atoms with Crippen LogP contribution in [0.25, 0.3) is 0 Å². The van der Waals surface area contributed by atoms with Crippen molar-refractivity contribution in [2.45, 2.75) is 57.4 Å². The molecule has 0 aromatic carbocycles. The van der Waals surface area contributed by atoms with Crippen molar-refractivity contribution < 1.29 is 14.4 Å². The predicted molar refractivity (Wildman–Crippen MR) is 85.5 cm³/mol. The van der Waals surface area contributed by atoms with Crippen molar-refractivity contribution in [3.8, 4) is 0 Å².